The molecule has 3 heterocycles. The SMILES string of the molecule is COc1ccc2c(c1)N(Cc1cnc3nc(C)cc(C)n13)C[C@@H](C)O2. The summed E-state index contributed by atoms with van der Waals surface area (Å²) in [5.74, 6) is 2.47. The van der Waals surface area contributed by atoms with E-state index in [1.807, 2.05) is 31.3 Å². The van der Waals surface area contributed by atoms with Crippen LogP contribution in [-0.4, -0.2) is 34.1 Å². The second-order valence-corrected chi connectivity index (χ2v) is 6.57. The van der Waals surface area contributed by atoms with Crippen molar-refractivity contribution in [1.82, 2.24) is 14.4 Å². The maximum atomic E-state index is 5.98. The minimum absolute atomic E-state index is 0.126. The van der Waals surface area contributed by atoms with Crippen LogP contribution in [0.2, 0.25) is 0 Å². The zero-order valence-electron chi connectivity index (χ0n) is 15.0. The van der Waals surface area contributed by atoms with Gasteiger partial charge < -0.3 is 14.4 Å². The zero-order valence-corrected chi connectivity index (χ0v) is 15.0. The Kier molecular flexibility index (Phi) is 3.75. The van der Waals surface area contributed by atoms with Gasteiger partial charge >= 0.3 is 0 Å². The Balaban J connectivity index is 1.74. The fourth-order valence-corrected chi connectivity index (χ4v) is 3.49. The molecule has 0 N–H and O–H groups in total. The van der Waals surface area contributed by atoms with E-state index in [1.54, 1.807) is 7.11 Å². The summed E-state index contributed by atoms with van der Waals surface area (Å²) in [4.78, 5) is 11.3. The lowest BCUT2D eigenvalue weighted by molar-refractivity contribution is 0.211. The largest absolute Gasteiger partial charge is 0.497 e. The lowest BCUT2D eigenvalue weighted by Gasteiger charge is -2.35. The maximum Gasteiger partial charge on any atom is 0.234 e. The van der Waals surface area contributed by atoms with Crippen LogP contribution in [-0.2, 0) is 6.54 Å². The Labute approximate surface area is 147 Å². The van der Waals surface area contributed by atoms with Crippen molar-refractivity contribution in [2.75, 3.05) is 18.6 Å². The number of rotatable bonds is 3. The Bertz CT molecular complexity index is 935. The van der Waals surface area contributed by atoms with Crippen molar-refractivity contribution in [1.29, 1.82) is 0 Å². The van der Waals surface area contributed by atoms with E-state index in [1.165, 1.54) is 0 Å². The van der Waals surface area contributed by atoms with Gasteiger partial charge in [0.2, 0.25) is 5.78 Å². The lowest BCUT2D eigenvalue weighted by Crippen LogP contribution is -2.38. The number of imidazole rings is 1. The number of hydrogen-bond donors (Lipinski definition) is 0. The smallest absolute Gasteiger partial charge is 0.234 e. The highest BCUT2D eigenvalue weighted by Crippen LogP contribution is 2.37. The predicted octanol–water partition coefficient (Wildman–Crippen LogP) is 3.14. The zero-order chi connectivity index (χ0) is 17.6. The number of anilines is 1. The van der Waals surface area contributed by atoms with E-state index in [4.69, 9.17) is 9.47 Å². The van der Waals surface area contributed by atoms with Gasteiger partial charge in [0.05, 0.1) is 37.8 Å². The summed E-state index contributed by atoms with van der Waals surface area (Å²) in [5, 5.41) is 0. The van der Waals surface area contributed by atoms with Gasteiger partial charge in [-0.25, -0.2) is 9.97 Å². The lowest BCUT2D eigenvalue weighted by atomic mass is 10.2. The van der Waals surface area contributed by atoms with Crippen molar-refractivity contribution < 1.29 is 9.47 Å². The summed E-state index contributed by atoms with van der Waals surface area (Å²) in [7, 11) is 1.68. The van der Waals surface area contributed by atoms with Gasteiger partial charge in [0.15, 0.2) is 0 Å². The Hall–Kier alpha value is -2.76. The van der Waals surface area contributed by atoms with Gasteiger partial charge in [-0.2, -0.15) is 0 Å². The number of ether oxygens (including phenoxy) is 2. The summed E-state index contributed by atoms with van der Waals surface area (Å²) in [5.41, 5.74) is 4.28. The molecule has 6 heteroatoms. The van der Waals surface area contributed by atoms with Crippen molar-refractivity contribution in [3.05, 3.63) is 47.5 Å². The monoisotopic (exact) mass is 338 g/mol. The van der Waals surface area contributed by atoms with Gasteiger partial charge in [-0.05, 0) is 39.0 Å². The van der Waals surface area contributed by atoms with Crippen molar-refractivity contribution >= 4 is 11.5 Å². The molecule has 130 valence electrons. The molecule has 3 aromatic rings. The minimum atomic E-state index is 0.126. The molecule has 0 unspecified atom stereocenters. The number of hydrogen-bond acceptors (Lipinski definition) is 5. The second kappa shape index (κ2) is 5.95. The molecule has 1 aliphatic heterocycles. The molecule has 1 atom stereocenters. The van der Waals surface area contributed by atoms with Crippen LogP contribution in [0.1, 0.15) is 24.0 Å². The van der Waals surface area contributed by atoms with Crippen LogP contribution in [0.4, 0.5) is 5.69 Å². The van der Waals surface area contributed by atoms with Crippen molar-refractivity contribution in [2.45, 2.75) is 33.4 Å². The summed E-state index contributed by atoms with van der Waals surface area (Å²) < 4.78 is 13.5. The van der Waals surface area contributed by atoms with Gasteiger partial charge in [0, 0.05) is 17.5 Å². The van der Waals surface area contributed by atoms with E-state index in [0.29, 0.717) is 0 Å². The first-order chi connectivity index (χ1) is 12.0. The third-order valence-corrected chi connectivity index (χ3v) is 4.53. The molecule has 0 radical (unpaired) electrons. The second-order valence-electron chi connectivity index (χ2n) is 6.57. The van der Waals surface area contributed by atoms with Crippen LogP contribution >= 0.6 is 0 Å². The van der Waals surface area contributed by atoms with Crippen molar-refractivity contribution in [3.63, 3.8) is 0 Å². The molecule has 0 amide bonds. The molecule has 6 nitrogen and oxygen atoms in total. The first kappa shape index (κ1) is 15.7. The number of fused-ring (bicyclic) bond motifs is 2. The van der Waals surface area contributed by atoms with Crippen LogP contribution in [0.15, 0.2) is 30.5 Å². The standard InChI is InChI=1S/C19H22N4O2/c1-12-7-13(2)23-15(9-20-19(23)21-12)11-22-10-14(3)25-18-6-5-16(24-4)8-17(18)22/h5-9,14H,10-11H2,1-4H3/t14-/m1/s1. The number of nitrogens with zero attached hydrogens (tertiary/aromatic N) is 4. The van der Waals surface area contributed by atoms with Crippen molar-refractivity contribution in [2.24, 2.45) is 0 Å². The van der Waals surface area contributed by atoms with E-state index in [0.717, 1.165) is 53.1 Å². The molecule has 25 heavy (non-hydrogen) atoms. The van der Waals surface area contributed by atoms with Crippen LogP contribution < -0.4 is 14.4 Å². The molecule has 1 aliphatic rings. The Morgan fingerprint density at radius 1 is 1.28 bits per heavy atom. The highest BCUT2D eigenvalue weighted by atomic mass is 16.5. The van der Waals surface area contributed by atoms with Crippen LogP contribution in [0, 0.1) is 13.8 Å². The minimum Gasteiger partial charge on any atom is -0.497 e. The van der Waals surface area contributed by atoms with E-state index in [-0.39, 0.29) is 6.10 Å². The van der Waals surface area contributed by atoms with E-state index >= 15 is 0 Å². The number of aromatic nitrogens is 3. The molecule has 0 saturated carbocycles. The molecular formula is C19H22N4O2. The molecule has 2 aromatic heterocycles. The predicted molar refractivity (Wildman–Crippen MR) is 96.6 cm³/mol. The summed E-state index contributed by atoms with van der Waals surface area (Å²) >= 11 is 0. The molecule has 1 aromatic carbocycles. The normalized spacial score (nSPS) is 16.6. The maximum absolute atomic E-state index is 5.98. The first-order valence-electron chi connectivity index (χ1n) is 8.45. The fourth-order valence-electron chi connectivity index (χ4n) is 3.49. The van der Waals surface area contributed by atoms with E-state index in [2.05, 4.69) is 39.2 Å². The Morgan fingerprint density at radius 3 is 2.92 bits per heavy atom. The number of benzene rings is 1. The summed E-state index contributed by atoms with van der Waals surface area (Å²) in [6.07, 6.45) is 2.04. The van der Waals surface area contributed by atoms with Crippen LogP contribution in [0.3, 0.4) is 0 Å². The fraction of sp³-hybridized carbons (Fsp3) is 0.368. The third kappa shape index (κ3) is 2.77. The summed E-state index contributed by atoms with van der Waals surface area (Å²) in [6, 6.07) is 8.01. The summed E-state index contributed by atoms with van der Waals surface area (Å²) in [6.45, 7) is 7.72. The quantitative estimate of drug-likeness (QED) is 0.734. The topological polar surface area (TPSA) is 51.9 Å². The highest BCUT2D eigenvalue weighted by Gasteiger charge is 2.24. The average molecular weight is 338 g/mol. The van der Waals surface area contributed by atoms with Gasteiger partial charge in [0.1, 0.15) is 17.6 Å². The van der Waals surface area contributed by atoms with Gasteiger partial charge in [-0.15, -0.1) is 0 Å². The average Bonchev–Trinajstić information content (AvgIpc) is 2.97. The van der Waals surface area contributed by atoms with E-state index in [9.17, 15) is 0 Å². The molecular weight excluding hydrogens is 316 g/mol. The molecule has 4 rings (SSSR count). The molecule has 0 aliphatic carbocycles. The van der Waals surface area contributed by atoms with Crippen LogP contribution in [0.25, 0.3) is 5.78 Å². The molecule has 0 saturated heterocycles. The highest BCUT2D eigenvalue weighted by molar-refractivity contribution is 5.63. The number of aryl methyl sites for hydroxylation is 2. The first-order valence-corrected chi connectivity index (χ1v) is 8.45. The molecule has 0 fully saturated rings. The van der Waals surface area contributed by atoms with Gasteiger partial charge in [-0.1, -0.05) is 0 Å². The Morgan fingerprint density at radius 2 is 2.12 bits per heavy atom. The van der Waals surface area contributed by atoms with Gasteiger partial charge in [0.25, 0.3) is 0 Å². The molecule has 0 bridgehead atoms. The number of methoxy groups -OCH3 is 1. The third-order valence-electron chi connectivity index (χ3n) is 4.53. The molecule has 0 spiro atoms. The van der Waals surface area contributed by atoms with Crippen molar-refractivity contribution in [3.8, 4) is 11.5 Å². The van der Waals surface area contributed by atoms with Crippen LogP contribution in [0.5, 0.6) is 11.5 Å². The van der Waals surface area contributed by atoms with E-state index < -0.39 is 0 Å². The van der Waals surface area contributed by atoms with Gasteiger partial charge in [-0.3, -0.25) is 4.40 Å².